The van der Waals surface area contributed by atoms with Gasteiger partial charge in [0.2, 0.25) is 5.91 Å². The minimum Gasteiger partial charge on any atom is -0.377 e. The van der Waals surface area contributed by atoms with E-state index in [4.69, 9.17) is 4.74 Å². The molecule has 2 fully saturated rings. The molecule has 0 bridgehead atoms. The van der Waals surface area contributed by atoms with E-state index in [2.05, 4.69) is 13.8 Å². The van der Waals surface area contributed by atoms with Gasteiger partial charge in [0.15, 0.2) is 0 Å². The number of anilines is 1. The van der Waals surface area contributed by atoms with Gasteiger partial charge in [0, 0.05) is 30.8 Å². The SMILES string of the molecule is CC[C@@]1(C)COCCN1C(=O)c1cccc(N2CCCC2=O)c1. The topological polar surface area (TPSA) is 49.9 Å². The first kappa shape index (κ1) is 16.0. The number of nitrogens with zero attached hydrogens (tertiary/aromatic N) is 2. The van der Waals surface area contributed by atoms with Gasteiger partial charge < -0.3 is 14.5 Å². The van der Waals surface area contributed by atoms with E-state index in [9.17, 15) is 9.59 Å². The molecule has 1 aromatic carbocycles. The van der Waals surface area contributed by atoms with E-state index >= 15 is 0 Å². The second-order valence-electron chi connectivity index (χ2n) is 6.56. The Morgan fingerprint density at radius 1 is 1.35 bits per heavy atom. The monoisotopic (exact) mass is 316 g/mol. The molecule has 1 aromatic rings. The minimum absolute atomic E-state index is 0.0196. The predicted octanol–water partition coefficient (Wildman–Crippen LogP) is 2.45. The van der Waals surface area contributed by atoms with Crippen LogP contribution in [0.3, 0.4) is 0 Å². The number of hydrogen-bond acceptors (Lipinski definition) is 3. The molecular weight excluding hydrogens is 292 g/mol. The Morgan fingerprint density at radius 3 is 2.87 bits per heavy atom. The molecule has 2 saturated heterocycles. The second kappa shape index (κ2) is 6.32. The van der Waals surface area contributed by atoms with Crippen LogP contribution >= 0.6 is 0 Å². The van der Waals surface area contributed by atoms with Crippen molar-refractivity contribution in [3.63, 3.8) is 0 Å². The molecule has 0 saturated carbocycles. The van der Waals surface area contributed by atoms with Crippen molar-refractivity contribution in [3.8, 4) is 0 Å². The average molecular weight is 316 g/mol. The van der Waals surface area contributed by atoms with E-state index in [1.807, 2.05) is 29.2 Å². The van der Waals surface area contributed by atoms with Crippen LogP contribution in [0.15, 0.2) is 24.3 Å². The van der Waals surface area contributed by atoms with Crippen LogP contribution in [0.4, 0.5) is 5.69 Å². The molecule has 0 aliphatic carbocycles. The molecular formula is C18H24N2O3. The third kappa shape index (κ3) is 2.98. The Hall–Kier alpha value is -1.88. The number of rotatable bonds is 3. The normalized spacial score (nSPS) is 25.0. The molecule has 3 rings (SSSR count). The van der Waals surface area contributed by atoms with Crippen molar-refractivity contribution < 1.29 is 14.3 Å². The molecule has 124 valence electrons. The molecule has 0 N–H and O–H groups in total. The molecule has 2 heterocycles. The van der Waals surface area contributed by atoms with Gasteiger partial charge in [0.25, 0.3) is 5.91 Å². The quantitative estimate of drug-likeness (QED) is 0.860. The van der Waals surface area contributed by atoms with Crippen molar-refractivity contribution in [2.24, 2.45) is 0 Å². The number of hydrogen-bond donors (Lipinski definition) is 0. The molecule has 5 heteroatoms. The van der Waals surface area contributed by atoms with Crippen LogP contribution in [-0.2, 0) is 9.53 Å². The van der Waals surface area contributed by atoms with Crippen LogP contribution in [0.25, 0.3) is 0 Å². The third-order valence-electron chi connectivity index (χ3n) is 5.01. The fourth-order valence-electron chi connectivity index (χ4n) is 3.32. The first-order valence-corrected chi connectivity index (χ1v) is 8.35. The van der Waals surface area contributed by atoms with E-state index in [0.717, 1.165) is 25.1 Å². The lowest BCUT2D eigenvalue weighted by Gasteiger charge is -2.44. The summed E-state index contributed by atoms with van der Waals surface area (Å²) in [5, 5.41) is 0. The standard InChI is InChI=1S/C18H24N2O3/c1-3-18(2)13-23-11-10-20(18)17(22)14-6-4-7-15(12-14)19-9-5-8-16(19)21/h4,6-7,12H,3,5,8-11,13H2,1-2H3/t18-/m0/s1. The van der Waals surface area contributed by atoms with Gasteiger partial charge in [-0.3, -0.25) is 9.59 Å². The zero-order valence-corrected chi connectivity index (χ0v) is 13.9. The highest BCUT2D eigenvalue weighted by Crippen LogP contribution is 2.27. The number of carbonyl (C=O) groups is 2. The summed E-state index contributed by atoms with van der Waals surface area (Å²) in [5.74, 6) is 0.158. The van der Waals surface area contributed by atoms with E-state index < -0.39 is 0 Å². The molecule has 2 aliphatic rings. The maximum atomic E-state index is 13.0. The molecule has 23 heavy (non-hydrogen) atoms. The number of amides is 2. The summed E-state index contributed by atoms with van der Waals surface area (Å²) in [6, 6.07) is 7.44. The fraction of sp³-hybridized carbons (Fsp3) is 0.556. The number of benzene rings is 1. The van der Waals surface area contributed by atoms with Crippen molar-refractivity contribution in [2.75, 3.05) is 31.2 Å². The summed E-state index contributed by atoms with van der Waals surface area (Å²) < 4.78 is 5.56. The Morgan fingerprint density at radius 2 is 2.17 bits per heavy atom. The molecule has 2 amide bonds. The van der Waals surface area contributed by atoms with Gasteiger partial charge in [-0.15, -0.1) is 0 Å². The Bertz CT molecular complexity index is 616. The Balaban J connectivity index is 1.86. The van der Waals surface area contributed by atoms with Gasteiger partial charge >= 0.3 is 0 Å². The summed E-state index contributed by atoms with van der Waals surface area (Å²) in [4.78, 5) is 28.6. The van der Waals surface area contributed by atoms with Crippen LogP contribution < -0.4 is 4.90 Å². The summed E-state index contributed by atoms with van der Waals surface area (Å²) in [6.45, 7) is 6.63. The van der Waals surface area contributed by atoms with Crippen LogP contribution in [0, 0.1) is 0 Å². The molecule has 0 aromatic heterocycles. The van der Waals surface area contributed by atoms with Gasteiger partial charge in [-0.1, -0.05) is 13.0 Å². The van der Waals surface area contributed by atoms with E-state index in [1.54, 1.807) is 4.90 Å². The molecule has 0 unspecified atom stereocenters. The largest absolute Gasteiger partial charge is 0.377 e. The van der Waals surface area contributed by atoms with Gasteiger partial charge in [0.1, 0.15) is 0 Å². The predicted molar refractivity (Wildman–Crippen MR) is 88.6 cm³/mol. The lowest BCUT2D eigenvalue weighted by atomic mass is 9.95. The number of ether oxygens (including phenoxy) is 1. The fourth-order valence-corrected chi connectivity index (χ4v) is 3.32. The van der Waals surface area contributed by atoms with Gasteiger partial charge in [-0.2, -0.15) is 0 Å². The van der Waals surface area contributed by atoms with Crippen molar-refractivity contribution in [2.45, 2.75) is 38.6 Å². The maximum Gasteiger partial charge on any atom is 0.254 e. The first-order valence-electron chi connectivity index (χ1n) is 8.35. The highest BCUT2D eigenvalue weighted by Gasteiger charge is 2.37. The molecule has 2 aliphatic heterocycles. The number of morpholine rings is 1. The van der Waals surface area contributed by atoms with Crippen molar-refractivity contribution in [1.82, 2.24) is 4.90 Å². The van der Waals surface area contributed by atoms with Crippen molar-refractivity contribution >= 4 is 17.5 Å². The van der Waals surface area contributed by atoms with Gasteiger partial charge in [-0.25, -0.2) is 0 Å². The van der Waals surface area contributed by atoms with Crippen molar-refractivity contribution in [1.29, 1.82) is 0 Å². The Labute approximate surface area is 137 Å². The van der Waals surface area contributed by atoms with Crippen LogP contribution in [0.1, 0.15) is 43.5 Å². The maximum absolute atomic E-state index is 13.0. The highest BCUT2D eigenvalue weighted by atomic mass is 16.5. The van der Waals surface area contributed by atoms with Gasteiger partial charge in [-0.05, 0) is 38.0 Å². The zero-order valence-electron chi connectivity index (χ0n) is 13.9. The average Bonchev–Trinajstić information content (AvgIpc) is 3.01. The molecule has 1 atom stereocenters. The van der Waals surface area contributed by atoms with Crippen LogP contribution in [0.5, 0.6) is 0 Å². The third-order valence-corrected chi connectivity index (χ3v) is 5.01. The van der Waals surface area contributed by atoms with E-state index in [0.29, 0.717) is 31.7 Å². The van der Waals surface area contributed by atoms with Crippen LogP contribution in [-0.4, -0.2) is 48.6 Å². The van der Waals surface area contributed by atoms with Gasteiger partial charge in [0.05, 0.1) is 18.8 Å². The summed E-state index contributed by atoms with van der Waals surface area (Å²) in [5.41, 5.74) is 1.20. The van der Waals surface area contributed by atoms with E-state index in [-0.39, 0.29) is 17.4 Å². The highest BCUT2D eigenvalue weighted by molar-refractivity contribution is 5.99. The minimum atomic E-state index is -0.269. The molecule has 0 spiro atoms. The smallest absolute Gasteiger partial charge is 0.254 e. The summed E-state index contributed by atoms with van der Waals surface area (Å²) in [6.07, 6.45) is 2.33. The lowest BCUT2D eigenvalue weighted by Crippen LogP contribution is -2.57. The van der Waals surface area contributed by atoms with Crippen molar-refractivity contribution in [3.05, 3.63) is 29.8 Å². The number of carbonyl (C=O) groups excluding carboxylic acids is 2. The second-order valence-corrected chi connectivity index (χ2v) is 6.56. The molecule has 0 radical (unpaired) electrons. The summed E-state index contributed by atoms with van der Waals surface area (Å²) >= 11 is 0. The zero-order chi connectivity index (χ0) is 16.4. The lowest BCUT2D eigenvalue weighted by molar-refractivity contribution is -0.117. The van der Waals surface area contributed by atoms with E-state index in [1.165, 1.54) is 0 Å². The molecule has 5 nitrogen and oxygen atoms in total. The summed E-state index contributed by atoms with van der Waals surface area (Å²) in [7, 11) is 0. The Kier molecular flexibility index (Phi) is 4.39. The van der Waals surface area contributed by atoms with Crippen LogP contribution in [0.2, 0.25) is 0 Å². The first-order chi connectivity index (χ1) is 11.0.